The number of hydrogen-bond acceptors (Lipinski definition) is 4. The molecule has 1 aromatic carbocycles. The molecule has 0 aliphatic rings. The molecular weight excluding hydrogens is 311 g/mol. The lowest BCUT2D eigenvalue weighted by Crippen LogP contribution is -2.21. The normalized spacial score (nSPS) is 10.8. The molecule has 0 fully saturated rings. The van der Waals surface area contributed by atoms with Gasteiger partial charge in [0.15, 0.2) is 0 Å². The van der Waals surface area contributed by atoms with Crippen LogP contribution in [0.1, 0.15) is 22.8 Å². The van der Waals surface area contributed by atoms with Crippen molar-refractivity contribution in [3.63, 3.8) is 0 Å². The standard InChI is InChI=1S/C16H17FN6O/c1-10-6-11(2)23(22-10)9-15(24)19-16-18-14(20-21-16)8-12-4-3-5-13(17)7-12/h3-7H,8-9H2,1-2H3,(H2,18,19,20,21,24). The Morgan fingerprint density at radius 2 is 2.17 bits per heavy atom. The number of rotatable bonds is 5. The summed E-state index contributed by atoms with van der Waals surface area (Å²) in [6, 6.07) is 8.15. The Bertz CT molecular complexity index is 869. The molecule has 2 aromatic heterocycles. The quantitative estimate of drug-likeness (QED) is 0.749. The van der Waals surface area contributed by atoms with Gasteiger partial charge in [-0.1, -0.05) is 12.1 Å². The van der Waals surface area contributed by atoms with Crippen LogP contribution in [0.5, 0.6) is 0 Å². The topological polar surface area (TPSA) is 88.5 Å². The zero-order valence-corrected chi connectivity index (χ0v) is 13.4. The number of hydrogen-bond donors (Lipinski definition) is 2. The van der Waals surface area contributed by atoms with E-state index in [4.69, 9.17) is 0 Å². The van der Waals surface area contributed by atoms with Gasteiger partial charge in [-0.3, -0.25) is 19.9 Å². The highest BCUT2D eigenvalue weighted by Gasteiger charge is 2.11. The maximum atomic E-state index is 13.2. The van der Waals surface area contributed by atoms with Crippen LogP contribution in [0.2, 0.25) is 0 Å². The summed E-state index contributed by atoms with van der Waals surface area (Å²) in [4.78, 5) is 16.2. The fourth-order valence-electron chi connectivity index (χ4n) is 2.41. The molecule has 0 saturated carbocycles. The van der Waals surface area contributed by atoms with E-state index in [0.29, 0.717) is 12.2 Å². The van der Waals surface area contributed by atoms with Crippen LogP contribution in [0, 0.1) is 19.7 Å². The zero-order valence-electron chi connectivity index (χ0n) is 13.4. The van der Waals surface area contributed by atoms with Crippen molar-refractivity contribution in [2.75, 3.05) is 5.32 Å². The number of benzene rings is 1. The van der Waals surface area contributed by atoms with Gasteiger partial charge in [0.2, 0.25) is 11.9 Å². The summed E-state index contributed by atoms with van der Waals surface area (Å²) in [6.07, 6.45) is 0.401. The lowest BCUT2D eigenvalue weighted by Gasteiger charge is -2.03. The van der Waals surface area contributed by atoms with Crippen LogP contribution >= 0.6 is 0 Å². The molecule has 0 atom stereocenters. The van der Waals surface area contributed by atoms with Gasteiger partial charge in [0.1, 0.15) is 18.2 Å². The highest BCUT2D eigenvalue weighted by atomic mass is 19.1. The van der Waals surface area contributed by atoms with E-state index < -0.39 is 0 Å². The van der Waals surface area contributed by atoms with Crippen LogP contribution in [0.4, 0.5) is 10.3 Å². The van der Waals surface area contributed by atoms with Gasteiger partial charge in [-0.25, -0.2) is 4.39 Å². The number of aromatic amines is 1. The van der Waals surface area contributed by atoms with E-state index in [0.717, 1.165) is 17.0 Å². The van der Waals surface area contributed by atoms with Gasteiger partial charge < -0.3 is 0 Å². The molecular formula is C16H17FN6O. The molecule has 0 saturated heterocycles. The van der Waals surface area contributed by atoms with Crippen LogP contribution in [-0.2, 0) is 17.8 Å². The van der Waals surface area contributed by atoms with Crippen molar-refractivity contribution in [1.82, 2.24) is 25.0 Å². The van der Waals surface area contributed by atoms with Crippen molar-refractivity contribution in [3.05, 3.63) is 58.9 Å². The van der Waals surface area contributed by atoms with E-state index in [1.54, 1.807) is 16.8 Å². The largest absolute Gasteiger partial charge is 0.292 e. The van der Waals surface area contributed by atoms with Crippen LogP contribution < -0.4 is 5.32 Å². The number of carbonyl (C=O) groups excluding carboxylic acids is 1. The van der Waals surface area contributed by atoms with Crippen LogP contribution in [-0.4, -0.2) is 30.9 Å². The maximum absolute atomic E-state index is 13.2. The molecule has 1 amide bonds. The van der Waals surface area contributed by atoms with Crippen LogP contribution in [0.3, 0.4) is 0 Å². The maximum Gasteiger partial charge on any atom is 0.248 e. The Labute approximate surface area is 137 Å². The van der Waals surface area contributed by atoms with Gasteiger partial charge in [-0.15, -0.1) is 5.10 Å². The molecule has 24 heavy (non-hydrogen) atoms. The molecule has 0 radical (unpaired) electrons. The minimum atomic E-state index is -0.301. The number of aromatic nitrogens is 5. The first-order chi connectivity index (χ1) is 11.5. The highest BCUT2D eigenvalue weighted by molar-refractivity contribution is 5.88. The SMILES string of the molecule is Cc1cc(C)n(CC(=O)Nc2n[nH]c(Cc3cccc(F)c3)n2)n1. The summed E-state index contributed by atoms with van der Waals surface area (Å²) in [7, 11) is 0. The van der Waals surface area contributed by atoms with E-state index in [1.165, 1.54) is 12.1 Å². The fourth-order valence-corrected chi connectivity index (χ4v) is 2.41. The van der Waals surface area contributed by atoms with Gasteiger partial charge in [-0.2, -0.15) is 10.1 Å². The number of nitrogens with zero attached hydrogens (tertiary/aromatic N) is 4. The first-order valence-electron chi connectivity index (χ1n) is 7.46. The Kier molecular flexibility index (Phi) is 4.37. The van der Waals surface area contributed by atoms with Gasteiger partial charge in [0, 0.05) is 12.1 Å². The second kappa shape index (κ2) is 6.61. The molecule has 0 bridgehead atoms. The van der Waals surface area contributed by atoms with Crippen molar-refractivity contribution >= 4 is 11.9 Å². The smallest absolute Gasteiger partial charge is 0.248 e. The number of amides is 1. The molecule has 0 spiro atoms. The molecule has 3 aromatic rings. The molecule has 2 heterocycles. The predicted molar refractivity (Wildman–Crippen MR) is 85.9 cm³/mol. The molecule has 3 rings (SSSR count). The zero-order chi connectivity index (χ0) is 17.1. The Morgan fingerprint density at radius 1 is 1.33 bits per heavy atom. The first-order valence-corrected chi connectivity index (χ1v) is 7.46. The number of halogens is 1. The molecule has 2 N–H and O–H groups in total. The van der Waals surface area contributed by atoms with Gasteiger partial charge in [0.25, 0.3) is 0 Å². The number of H-pyrrole nitrogens is 1. The molecule has 0 aliphatic carbocycles. The van der Waals surface area contributed by atoms with Crippen molar-refractivity contribution in [2.24, 2.45) is 0 Å². The Hall–Kier alpha value is -3.03. The van der Waals surface area contributed by atoms with Crippen molar-refractivity contribution in [1.29, 1.82) is 0 Å². The Balaban J connectivity index is 1.61. The minimum absolute atomic E-state index is 0.0907. The van der Waals surface area contributed by atoms with Crippen molar-refractivity contribution in [2.45, 2.75) is 26.8 Å². The number of nitrogens with one attached hydrogen (secondary N) is 2. The summed E-state index contributed by atoms with van der Waals surface area (Å²) in [5.41, 5.74) is 2.53. The highest BCUT2D eigenvalue weighted by Crippen LogP contribution is 2.09. The molecule has 0 unspecified atom stereocenters. The summed E-state index contributed by atoms with van der Waals surface area (Å²) in [5, 5.41) is 13.5. The monoisotopic (exact) mass is 328 g/mol. The molecule has 124 valence electrons. The second-order valence-electron chi connectivity index (χ2n) is 5.55. The van der Waals surface area contributed by atoms with E-state index in [9.17, 15) is 9.18 Å². The van der Waals surface area contributed by atoms with E-state index in [2.05, 4.69) is 25.6 Å². The molecule has 0 aliphatic heterocycles. The number of anilines is 1. The Morgan fingerprint density at radius 3 is 2.88 bits per heavy atom. The van der Waals surface area contributed by atoms with Gasteiger partial charge >= 0.3 is 0 Å². The van der Waals surface area contributed by atoms with Crippen LogP contribution in [0.25, 0.3) is 0 Å². The van der Waals surface area contributed by atoms with Crippen molar-refractivity contribution < 1.29 is 9.18 Å². The second-order valence-corrected chi connectivity index (χ2v) is 5.55. The minimum Gasteiger partial charge on any atom is -0.292 e. The van der Waals surface area contributed by atoms with Gasteiger partial charge in [0.05, 0.1) is 5.69 Å². The van der Waals surface area contributed by atoms with Gasteiger partial charge in [-0.05, 0) is 37.6 Å². The van der Waals surface area contributed by atoms with Crippen molar-refractivity contribution in [3.8, 4) is 0 Å². The summed E-state index contributed by atoms with van der Waals surface area (Å²) in [6.45, 7) is 3.85. The fraction of sp³-hybridized carbons (Fsp3) is 0.250. The number of carbonyl (C=O) groups is 1. The summed E-state index contributed by atoms with van der Waals surface area (Å²) in [5.74, 6) is 0.165. The average molecular weight is 328 g/mol. The lowest BCUT2D eigenvalue weighted by atomic mass is 10.1. The predicted octanol–water partition coefficient (Wildman–Crippen LogP) is 1.99. The lowest BCUT2D eigenvalue weighted by molar-refractivity contribution is -0.117. The third-order valence-electron chi connectivity index (χ3n) is 3.44. The van der Waals surface area contributed by atoms with Crippen LogP contribution in [0.15, 0.2) is 30.3 Å². The van der Waals surface area contributed by atoms with E-state index >= 15 is 0 Å². The molecule has 8 heteroatoms. The summed E-state index contributed by atoms with van der Waals surface area (Å²) < 4.78 is 14.8. The molecule has 7 nitrogen and oxygen atoms in total. The third-order valence-corrected chi connectivity index (χ3v) is 3.44. The average Bonchev–Trinajstić information content (AvgIpc) is 3.05. The summed E-state index contributed by atoms with van der Waals surface area (Å²) >= 11 is 0. The third kappa shape index (κ3) is 3.83. The van der Waals surface area contributed by atoms with E-state index in [1.807, 2.05) is 19.9 Å². The first kappa shape index (κ1) is 15.9. The van der Waals surface area contributed by atoms with E-state index in [-0.39, 0.29) is 24.2 Å². The number of aryl methyl sites for hydroxylation is 2.